The second kappa shape index (κ2) is 12.3. The number of piperidine rings is 1. The largest absolute Gasteiger partial charge is 0.444 e. The second-order valence-corrected chi connectivity index (χ2v) is 9.75. The molecule has 1 heterocycles. The van der Waals surface area contributed by atoms with Crippen LogP contribution < -0.4 is 0 Å². The van der Waals surface area contributed by atoms with Crippen molar-refractivity contribution in [3.05, 3.63) is 0 Å². The Balaban J connectivity index is 0. The Morgan fingerprint density at radius 1 is 1.04 bits per heavy atom. The van der Waals surface area contributed by atoms with E-state index in [0.717, 1.165) is 12.8 Å². The summed E-state index contributed by atoms with van der Waals surface area (Å²) < 4.78 is 11.3. The van der Waals surface area contributed by atoms with Gasteiger partial charge in [-0.3, -0.25) is 0 Å². The average Bonchev–Trinajstić information content (AvgIpc) is 2.54. The quantitative estimate of drug-likeness (QED) is 0.439. The third-order valence-electron chi connectivity index (χ3n) is 4.57. The molecule has 6 heteroatoms. The Kier molecular flexibility index (Phi) is 13.1. The Morgan fingerprint density at radius 2 is 1.52 bits per heavy atom. The number of carbonyl (C=O) groups excluding carboxylic acids is 1. The number of hydrogen-bond acceptors (Lipinski definition) is 4. The summed E-state index contributed by atoms with van der Waals surface area (Å²) in [5.41, 5.74) is -0.799. The van der Waals surface area contributed by atoms with Crippen molar-refractivity contribution >= 4 is 26.2 Å². The summed E-state index contributed by atoms with van der Waals surface area (Å²) in [7, 11) is 1.95. The highest BCUT2D eigenvalue weighted by Gasteiger charge is 2.37. The van der Waals surface area contributed by atoms with Gasteiger partial charge in [0, 0.05) is 17.3 Å². The summed E-state index contributed by atoms with van der Waals surface area (Å²) >= 11 is 4.62. The maximum Gasteiger partial charge on any atom is 0.410 e. The standard InChI is InChI=1S/C17H33BNO3S.2C2H6/c1-12-11-13(18-22-16(5,6)17(7,8)23)9-10-19(12)14(20)21-15(2,3)4;2*1-2/h12-13,23H,9-11H2,1-8H3;2*1-2H3. The molecule has 0 spiro atoms. The maximum atomic E-state index is 12.2. The molecule has 1 saturated heterocycles. The number of thiol groups is 1. The van der Waals surface area contributed by atoms with Crippen LogP contribution in [-0.2, 0) is 9.39 Å². The lowest BCUT2D eigenvalue weighted by Crippen LogP contribution is -2.48. The summed E-state index contributed by atoms with van der Waals surface area (Å²) in [6, 6.07) is 0.149. The number of likely N-dealkylation sites (tertiary alicyclic amines) is 1. The molecule has 1 fully saturated rings. The monoisotopic (exact) mass is 402 g/mol. The first-order valence-electron chi connectivity index (χ1n) is 10.5. The van der Waals surface area contributed by atoms with Crippen LogP contribution in [0.3, 0.4) is 0 Å². The van der Waals surface area contributed by atoms with Crippen LogP contribution in [0.15, 0.2) is 0 Å². The molecular formula is C21H45BNO3S. The summed E-state index contributed by atoms with van der Waals surface area (Å²) in [5.74, 6) is 0.346. The number of amides is 1. The van der Waals surface area contributed by atoms with Crippen molar-refractivity contribution in [2.24, 2.45) is 0 Å². The molecule has 161 valence electrons. The Bertz CT molecular complexity index is 417. The number of nitrogens with zero attached hydrogens (tertiary/aromatic N) is 1. The van der Waals surface area contributed by atoms with Gasteiger partial charge >= 0.3 is 6.09 Å². The van der Waals surface area contributed by atoms with E-state index in [0.29, 0.717) is 12.4 Å². The van der Waals surface area contributed by atoms with E-state index in [1.807, 2.05) is 60.8 Å². The van der Waals surface area contributed by atoms with Gasteiger partial charge in [0.25, 0.3) is 7.48 Å². The molecule has 1 aliphatic heterocycles. The van der Waals surface area contributed by atoms with Crippen LogP contribution >= 0.6 is 12.6 Å². The number of rotatable bonds is 4. The molecule has 2 unspecified atom stereocenters. The first kappa shape index (κ1) is 28.9. The minimum absolute atomic E-state index is 0.149. The molecule has 27 heavy (non-hydrogen) atoms. The van der Waals surface area contributed by atoms with Gasteiger partial charge in [-0.15, -0.1) is 0 Å². The molecule has 0 N–H and O–H groups in total. The SMILES string of the molecule is CC.CC.CC1CC([B]OC(C)(C)C(C)(C)S)CCN1C(=O)OC(C)(C)C. The fourth-order valence-corrected chi connectivity index (χ4v) is 2.39. The van der Waals surface area contributed by atoms with Gasteiger partial charge in [0.1, 0.15) is 5.60 Å². The van der Waals surface area contributed by atoms with Gasteiger partial charge in [-0.1, -0.05) is 27.7 Å². The molecule has 0 aromatic carbocycles. The molecule has 2 atom stereocenters. The molecule has 1 radical (unpaired) electrons. The third-order valence-corrected chi connectivity index (χ3v) is 5.11. The Morgan fingerprint density at radius 3 is 1.89 bits per heavy atom. The zero-order chi connectivity index (χ0) is 22.1. The molecule has 0 saturated carbocycles. The molecule has 1 rings (SSSR count). The van der Waals surface area contributed by atoms with Crippen molar-refractivity contribution in [2.45, 2.75) is 124 Å². The van der Waals surface area contributed by atoms with Crippen LogP contribution in [-0.4, -0.2) is 47.0 Å². The van der Waals surface area contributed by atoms with E-state index >= 15 is 0 Å². The maximum absolute atomic E-state index is 12.2. The normalized spacial score (nSPS) is 20.6. The van der Waals surface area contributed by atoms with Crippen LogP contribution in [0.2, 0.25) is 5.82 Å². The predicted molar refractivity (Wildman–Crippen MR) is 122 cm³/mol. The van der Waals surface area contributed by atoms with Crippen molar-refractivity contribution in [3.63, 3.8) is 0 Å². The molecule has 1 amide bonds. The zero-order valence-electron chi connectivity index (χ0n) is 20.0. The minimum Gasteiger partial charge on any atom is -0.444 e. The second-order valence-electron chi connectivity index (χ2n) is 8.63. The molecular weight excluding hydrogens is 357 g/mol. The highest BCUT2D eigenvalue weighted by Crippen LogP contribution is 2.34. The van der Waals surface area contributed by atoms with E-state index in [4.69, 9.17) is 9.39 Å². The van der Waals surface area contributed by atoms with Crippen LogP contribution in [0, 0.1) is 0 Å². The van der Waals surface area contributed by atoms with Crippen LogP contribution in [0.1, 0.15) is 95.9 Å². The summed E-state index contributed by atoms with van der Waals surface area (Å²) in [5, 5.41) is 0. The smallest absolute Gasteiger partial charge is 0.410 e. The van der Waals surface area contributed by atoms with E-state index in [1.54, 1.807) is 0 Å². The minimum atomic E-state index is -0.453. The van der Waals surface area contributed by atoms with E-state index in [1.165, 1.54) is 0 Å². The van der Waals surface area contributed by atoms with Crippen molar-refractivity contribution in [2.75, 3.05) is 6.54 Å². The highest BCUT2D eigenvalue weighted by atomic mass is 32.1. The topological polar surface area (TPSA) is 38.8 Å². The Labute approximate surface area is 175 Å². The number of hydrogen-bond donors (Lipinski definition) is 1. The molecule has 1 aliphatic rings. The number of ether oxygens (including phenoxy) is 1. The Hall–Kier alpha value is -0.355. The summed E-state index contributed by atoms with van der Waals surface area (Å²) in [6.07, 6.45) is 1.57. The van der Waals surface area contributed by atoms with Gasteiger partial charge < -0.3 is 14.3 Å². The van der Waals surface area contributed by atoms with Crippen molar-refractivity contribution < 1.29 is 14.2 Å². The van der Waals surface area contributed by atoms with Gasteiger partial charge in [-0.05, 0) is 74.0 Å². The van der Waals surface area contributed by atoms with E-state index in [2.05, 4.69) is 47.2 Å². The lowest BCUT2D eigenvalue weighted by Gasteiger charge is -2.41. The average molecular weight is 402 g/mol. The van der Waals surface area contributed by atoms with Gasteiger partial charge in [-0.2, -0.15) is 12.6 Å². The fraction of sp³-hybridized carbons (Fsp3) is 0.952. The molecule has 0 bridgehead atoms. The van der Waals surface area contributed by atoms with Crippen LogP contribution in [0.5, 0.6) is 0 Å². The molecule has 0 aromatic heterocycles. The lowest BCUT2D eigenvalue weighted by molar-refractivity contribution is 0.0108. The zero-order valence-corrected chi connectivity index (χ0v) is 20.9. The first-order chi connectivity index (χ1) is 12.2. The van der Waals surface area contributed by atoms with Crippen molar-refractivity contribution in [1.82, 2.24) is 4.90 Å². The van der Waals surface area contributed by atoms with E-state index in [-0.39, 0.29) is 22.5 Å². The van der Waals surface area contributed by atoms with Crippen molar-refractivity contribution in [1.29, 1.82) is 0 Å². The summed E-state index contributed by atoms with van der Waals surface area (Å²) in [4.78, 5) is 14.1. The van der Waals surface area contributed by atoms with Gasteiger partial charge in [0.2, 0.25) is 0 Å². The van der Waals surface area contributed by atoms with Crippen LogP contribution in [0.25, 0.3) is 0 Å². The lowest BCUT2D eigenvalue weighted by atomic mass is 9.70. The van der Waals surface area contributed by atoms with Crippen molar-refractivity contribution in [3.8, 4) is 0 Å². The molecule has 0 aromatic rings. The predicted octanol–water partition coefficient (Wildman–Crippen LogP) is 6.37. The fourth-order valence-electron chi connectivity index (χ4n) is 2.33. The highest BCUT2D eigenvalue weighted by molar-refractivity contribution is 7.81. The molecule has 4 nitrogen and oxygen atoms in total. The van der Waals surface area contributed by atoms with Gasteiger partial charge in [-0.25, -0.2) is 4.79 Å². The first-order valence-corrected chi connectivity index (χ1v) is 10.9. The van der Waals surface area contributed by atoms with Gasteiger partial charge in [0.05, 0.1) is 5.60 Å². The van der Waals surface area contributed by atoms with Gasteiger partial charge in [0.15, 0.2) is 0 Å². The summed E-state index contributed by atoms with van der Waals surface area (Å²) in [6.45, 7) is 24.7. The van der Waals surface area contributed by atoms with Crippen LogP contribution in [0.4, 0.5) is 4.79 Å². The number of carbonyl (C=O) groups is 1. The third kappa shape index (κ3) is 10.7. The van der Waals surface area contributed by atoms with E-state index < -0.39 is 5.60 Å². The molecule has 0 aliphatic carbocycles. The van der Waals surface area contributed by atoms with E-state index in [9.17, 15) is 4.79 Å².